The lowest BCUT2D eigenvalue weighted by atomic mass is 10.1. The number of anilines is 1. The molecule has 0 saturated heterocycles. The molecule has 0 aliphatic rings. The minimum Gasteiger partial charge on any atom is -0.457 e. The van der Waals surface area contributed by atoms with Crippen LogP contribution in [0.3, 0.4) is 0 Å². The highest BCUT2D eigenvalue weighted by Crippen LogP contribution is 2.32. The summed E-state index contributed by atoms with van der Waals surface area (Å²) in [5.74, 6) is 1.59. The van der Waals surface area contributed by atoms with Crippen LogP contribution in [0.1, 0.15) is 16.7 Å². The van der Waals surface area contributed by atoms with Crippen LogP contribution in [-0.2, 0) is 0 Å². The quantitative estimate of drug-likeness (QED) is 0.800. The molecule has 0 radical (unpaired) electrons. The summed E-state index contributed by atoms with van der Waals surface area (Å²) >= 11 is 6.00. The number of hydrogen-bond acceptors (Lipinski definition) is 2. The van der Waals surface area contributed by atoms with Gasteiger partial charge in [0.1, 0.15) is 11.5 Å². The molecule has 3 heteroatoms. The zero-order valence-electron chi connectivity index (χ0n) is 10.8. The van der Waals surface area contributed by atoms with E-state index in [9.17, 15) is 0 Å². The highest BCUT2D eigenvalue weighted by molar-refractivity contribution is 6.30. The third-order valence-corrected chi connectivity index (χ3v) is 2.94. The number of benzene rings is 2. The second kappa shape index (κ2) is 4.91. The average Bonchev–Trinajstić information content (AvgIpc) is 2.22. The van der Waals surface area contributed by atoms with Crippen molar-refractivity contribution >= 4 is 17.3 Å². The molecule has 0 aliphatic heterocycles. The third kappa shape index (κ3) is 2.77. The minimum atomic E-state index is 0.703. The van der Waals surface area contributed by atoms with Crippen molar-refractivity contribution in [3.63, 3.8) is 0 Å². The molecule has 18 heavy (non-hydrogen) atoms. The van der Waals surface area contributed by atoms with E-state index in [2.05, 4.69) is 0 Å². The number of ether oxygens (including phenoxy) is 1. The standard InChI is InChI=1S/C15H16ClNO/c1-9-4-13(17)8-14(5-9)18-15-10(2)6-12(16)7-11(15)3/h4-8H,17H2,1-3H3. The predicted octanol–water partition coefficient (Wildman–Crippen LogP) is 4.64. The maximum Gasteiger partial charge on any atom is 0.133 e. The molecular formula is C15H16ClNO. The van der Waals surface area contributed by atoms with Crippen molar-refractivity contribution in [2.45, 2.75) is 20.8 Å². The number of nitrogen functional groups attached to an aromatic ring is 1. The van der Waals surface area contributed by atoms with Crippen LogP contribution in [0.15, 0.2) is 30.3 Å². The van der Waals surface area contributed by atoms with E-state index in [-0.39, 0.29) is 0 Å². The van der Waals surface area contributed by atoms with Gasteiger partial charge in [0, 0.05) is 16.8 Å². The van der Waals surface area contributed by atoms with Gasteiger partial charge in [0.05, 0.1) is 0 Å². The van der Waals surface area contributed by atoms with E-state index in [1.165, 1.54) is 0 Å². The number of halogens is 1. The molecule has 2 nitrogen and oxygen atoms in total. The Morgan fingerprint density at radius 2 is 1.56 bits per heavy atom. The molecule has 0 amide bonds. The normalized spacial score (nSPS) is 10.4. The smallest absolute Gasteiger partial charge is 0.133 e. The van der Waals surface area contributed by atoms with Gasteiger partial charge in [-0.25, -0.2) is 0 Å². The van der Waals surface area contributed by atoms with E-state index in [1.54, 1.807) is 0 Å². The molecule has 0 unspecified atom stereocenters. The molecular weight excluding hydrogens is 246 g/mol. The Labute approximate surface area is 112 Å². The van der Waals surface area contributed by atoms with Crippen molar-refractivity contribution < 1.29 is 4.74 Å². The molecule has 0 saturated carbocycles. The van der Waals surface area contributed by atoms with E-state index in [0.717, 1.165) is 33.2 Å². The molecule has 2 N–H and O–H groups in total. The van der Waals surface area contributed by atoms with E-state index < -0.39 is 0 Å². The second-order valence-corrected chi connectivity index (χ2v) is 4.99. The summed E-state index contributed by atoms with van der Waals surface area (Å²) in [5, 5.41) is 0.723. The summed E-state index contributed by atoms with van der Waals surface area (Å²) < 4.78 is 5.92. The lowest BCUT2D eigenvalue weighted by Gasteiger charge is -2.13. The lowest BCUT2D eigenvalue weighted by Crippen LogP contribution is -1.93. The van der Waals surface area contributed by atoms with Crippen molar-refractivity contribution in [1.82, 2.24) is 0 Å². The first-order chi connectivity index (χ1) is 8.45. The van der Waals surface area contributed by atoms with Gasteiger partial charge < -0.3 is 10.5 Å². The van der Waals surface area contributed by atoms with Gasteiger partial charge in [0.25, 0.3) is 0 Å². The van der Waals surface area contributed by atoms with Crippen LogP contribution in [0, 0.1) is 20.8 Å². The van der Waals surface area contributed by atoms with Crippen LogP contribution in [0.5, 0.6) is 11.5 Å². The first kappa shape index (κ1) is 12.8. The van der Waals surface area contributed by atoms with Gasteiger partial charge >= 0.3 is 0 Å². The summed E-state index contributed by atoms with van der Waals surface area (Å²) in [6.07, 6.45) is 0. The van der Waals surface area contributed by atoms with Crippen molar-refractivity contribution in [3.05, 3.63) is 52.0 Å². The highest BCUT2D eigenvalue weighted by atomic mass is 35.5. The van der Waals surface area contributed by atoms with E-state index >= 15 is 0 Å². The summed E-state index contributed by atoms with van der Waals surface area (Å²) in [5.41, 5.74) is 9.62. The van der Waals surface area contributed by atoms with Gasteiger partial charge in [-0.3, -0.25) is 0 Å². The Morgan fingerprint density at radius 3 is 2.11 bits per heavy atom. The molecule has 0 spiro atoms. The van der Waals surface area contributed by atoms with Gasteiger partial charge in [0.15, 0.2) is 0 Å². The average molecular weight is 262 g/mol. The zero-order chi connectivity index (χ0) is 13.3. The maximum absolute atomic E-state index is 6.00. The molecule has 0 aliphatic carbocycles. The highest BCUT2D eigenvalue weighted by Gasteiger charge is 2.07. The van der Waals surface area contributed by atoms with Gasteiger partial charge in [-0.05, 0) is 61.7 Å². The van der Waals surface area contributed by atoms with Gasteiger partial charge in [-0.2, -0.15) is 0 Å². The van der Waals surface area contributed by atoms with E-state index in [4.69, 9.17) is 22.1 Å². The lowest BCUT2D eigenvalue weighted by molar-refractivity contribution is 0.475. The van der Waals surface area contributed by atoms with Crippen LogP contribution in [0.4, 0.5) is 5.69 Å². The van der Waals surface area contributed by atoms with Crippen LogP contribution in [0.2, 0.25) is 5.02 Å². The Hall–Kier alpha value is -1.67. The van der Waals surface area contributed by atoms with Gasteiger partial charge in [0.2, 0.25) is 0 Å². The predicted molar refractivity (Wildman–Crippen MR) is 76.6 cm³/mol. The van der Waals surface area contributed by atoms with Crippen LogP contribution < -0.4 is 10.5 Å². The zero-order valence-corrected chi connectivity index (χ0v) is 11.5. The number of hydrogen-bond donors (Lipinski definition) is 1. The maximum atomic E-state index is 6.00. The first-order valence-electron chi connectivity index (χ1n) is 5.77. The molecule has 0 bridgehead atoms. The Balaban J connectivity index is 2.40. The topological polar surface area (TPSA) is 35.2 Å². The third-order valence-electron chi connectivity index (χ3n) is 2.72. The second-order valence-electron chi connectivity index (χ2n) is 4.55. The molecule has 94 valence electrons. The number of aryl methyl sites for hydroxylation is 3. The molecule has 0 aromatic heterocycles. The summed E-state index contributed by atoms with van der Waals surface area (Å²) in [6, 6.07) is 9.48. The van der Waals surface area contributed by atoms with Crippen molar-refractivity contribution in [2.24, 2.45) is 0 Å². The molecule has 2 aromatic carbocycles. The number of nitrogens with two attached hydrogens (primary N) is 1. The summed E-state index contributed by atoms with van der Waals surface area (Å²) in [6.45, 7) is 5.95. The Bertz CT molecular complexity index is 550. The summed E-state index contributed by atoms with van der Waals surface area (Å²) in [7, 11) is 0. The minimum absolute atomic E-state index is 0.703. The first-order valence-corrected chi connectivity index (χ1v) is 6.15. The van der Waals surface area contributed by atoms with Crippen molar-refractivity contribution in [2.75, 3.05) is 5.73 Å². The van der Waals surface area contributed by atoms with E-state index in [0.29, 0.717) is 5.69 Å². The number of rotatable bonds is 2. The van der Waals surface area contributed by atoms with Crippen LogP contribution in [0.25, 0.3) is 0 Å². The SMILES string of the molecule is Cc1cc(N)cc(Oc2c(C)cc(Cl)cc2C)c1. The molecule has 2 rings (SSSR count). The molecule has 2 aromatic rings. The van der Waals surface area contributed by atoms with Crippen LogP contribution in [-0.4, -0.2) is 0 Å². The van der Waals surface area contributed by atoms with Gasteiger partial charge in [-0.1, -0.05) is 11.6 Å². The largest absolute Gasteiger partial charge is 0.457 e. The Morgan fingerprint density at radius 1 is 0.944 bits per heavy atom. The van der Waals surface area contributed by atoms with Crippen LogP contribution >= 0.6 is 11.6 Å². The fraction of sp³-hybridized carbons (Fsp3) is 0.200. The molecule has 0 atom stereocenters. The fourth-order valence-electron chi connectivity index (χ4n) is 2.01. The Kier molecular flexibility index (Phi) is 3.48. The van der Waals surface area contributed by atoms with E-state index in [1.807, 2.05) is 51.1 Å². The fourth-order valence-corrected chi connectivity index (χ4v) is 2.34. The molecule has 0 heterocycles. The molecule has 0 fully saturated rings. The van der Waals surface area contributed by atoms with Crippen molar-refractivity contribution in [3.8, 4) is 11.5 Å². The summed E-state index contributed by atoms with van der Waals surface area (Å²) in [4.78, 5) is 0. The van der Waals surface area contributed by atoms with Gasteiger partial charge in [-0.15, -0.1) is 0 Å². The van der Waals surface area contributed by atoms with Crippen molar-refractivity contribution in [1.29, 1.82) is 0 Å². The monoisotopic (exact) mass is 261 g/mol.